The molecule has 0 bridgehead atoms. The summed E-state index contributed by atoms with van der Waals surface area (Å²) in [4.78, 5) is 16.0. The van der Waals surface area contributed by atoms with Gasteiger partial charge in [0.15, 0.2) is 14.6 Å². The molecule has 8 nitrogen and oxygen atoms in total. The first-order valence-corrected chi connectivity index (χ1v) is 10.8. The van der Waals surface area contributed by atoms with Crippen LogP contribution in [-0.2, 0) is 30.7 Å². The Morgan fingerprint density at radius 3 is 2.34 bits per heavy atom. The highest BCUT2D eigenvalue weighted by Crippen LogP contribution is 2.35. The summed E-state index contributed by atoms with van der Waals surface area (Å²) in [6.07, 6.45) is 3.51. The Balaban J connectivity index is 1.57. The number of ether oxygens (including phenoxy) is 3. The number of hydrogen-bond acceptors (Lipinski definition) is 7. The Bertz CT molecular complexity index is 910. The van der Waals surface area contributed by atoms with Crippen molar-refractivity contribution in [2.45, 2.75) is 29.1 Å². The molecule has 1 fully saturated rings. The Morgan fingerprint density at radius 1 is 1.07 bits per heavy atom. The van der Waals surface area contributed by atoms with Crippen LogP contribution in [0.15, 0.2) is 53.7 Å². The van der Waals surface area contributed by atoms with E-state index in [1.807, 2.05) is 12.1 Å². The normalized spacial score (nSPS) is 16.3. The molecule has 1 aromatic heterocycles. The summed E-state index contributed by atoms with van der Waals surface area (Å²) in [5, 5.41) is 0. The van der Waals surface area contributed by atoms with Gasteiger partial charge in [-0.2, -0.15) is 0 Å². The fraction of sp³-hybridized carbons (Fsp3) is 0.400. The molecule has 1 amide bonds. The lowest BCUT2D eigenvalue weighted by Crippen LogP contribution is -2.53. The van der Waals surface area contributed by atoms with E-state index in [4.69, 9.17) is 19.9 Å². The lowest BCUT2D eigenvalue weighted by atomic mass is 9.98. The summed E-state index contributed by atoms with van der Waals surface area (Å²) in [5.74, 6) is -0.330. The van der Waals surface area contributed by atoms with Crippen molar-refractivity contribution in [1.82, 2.24) is 4.98 Å². The standard InChI is InChI=1S/C20H24N2O6S/c21-19(23)20(7-11-26-12-8-20)29(24,25)18-3-1-17(2-4-18)28-14-13-27-15-16-5-9-22-10-6-16/h1-6,9-10H,7-8,11-15H2,(H2,21,23). The van der Waals surface area contributed by atoms with Crippen LogP contribution in [0, 0.1) is 0 Å². The summed E-state index contributed by atoms with van der Waals surface area (Å²) in [6, 6.07) is 9.73. The van der Waals surface area contributed by atoms with Crippen molar-refractivity contribution in [2.75, 3.05) is 26.4 Å². The number of carbonyl (C=O) groups is 1. The van der Waals surface area contributed by atoms with Gasteiger partial charge >= 0.3 is 0 Å². The highest BCUT2D eigenvalue weighted by Gasteiger charge is 2.51. The molecule has 2 aromatic rings. The van der Waals surface area contributed by atoms with Crippen LogP contribution in [-0.4, -0.2) is 50.5 Å². The quantitative estimate of drug-likeness (QED) is 0.611. The fourth-order valence-electron chi connectivity index (χ4n) is 3.18. The van der Waals surface area contributed by atoms with Crippen LogP contribution in [0.1, 0.15) is 18.4 Å². The maximum Gasteiger partial charge on any atom is 0.239 e. The van der Waals surface area contributed by atoms with Gasteiger partial charge in [-0.05, 0) is 54.8 Å². The third-order valence-electron chi connectivity index (χ3n) is 4.91. The zero-order chi connectivity index (χ0) is 20.7. The molecule has 29 heavy (non-hydrogen) atoms. The van der Waals surface area contributed by atoms with Gasteiger partial charge < -0.3 is 19.9 Å². The molecule has 0 unspecified atom stereocenters. The van der Waals surface area contributed by atoms with Crippen LogP contribution in [0.3, 0.4) is 0 Å². The second-order valence-electron chi connectivity index (χ2n) is 6.70. The zero-order valence-electron chi connectivity index (χ0n) is 16.0. The minimum absolute atomic E-state index is 0.0412. The van der Waals surface area contributed by atoms with E-state index in [2.05, 4.69) is 4.98 Å². The van der Waals surface area contributed by atoms with Crippen LogP contribution < -0.4 is 10.5 Å². The van der Waals surface area contributed by atoms with Gasteiger partial charge in [0.2, 0.25) is 5.91 Å². The highest BCUT2D eigenvalue weighted by molar-refractivity contribution is 7.93. The van der Waals surface area contributed by atoms with Crippen molar-refractivity contribution >= 4 is 15.7 Å². The second-order valence-corrected chi connectivity index (χ2v) is 8.96. The van der Waals surface area contributed by atoms with Crippen LogP contribution in [0.5, 0.6) is 5.75 Å². The molecule has 0 aliphatic carbocycles. The number of amides is 1. The number of hydrogen-bond donors (Lipinski definition) is 1. The first-order valence-electron chi connectivity index (χ1n) is 9.27. The molecule has 3 rings (SSSR count). The molecule has 2 N–H and O–H groups in total. The average molecular weight is 420 g/mol. The number of rotatable bonds is 9. The van der Waals surface area contributed by atoms with E-state index in [9.17, 15) is 13.2 Å². The van der Waals surface area contributed by atoms with E-state index in [-0.39, 0.29) is 31.0 Å². The molecule has 1 saturated heterocycles. The maximum absolute atomic E-state index is 13.1. The number of nitrogens with zero attached hydrogens (tertiary/aromatic N) is 1. The molecule has 156 valence electrons. The molecule has 1 aliphatic rings. The Kier molecular flexibility index (Phi) is 6.83. The minimum atomic E-state index is -3.94. The lowest BCUT2D eigenvalue weighted by Gasteiger charge is -2.33. The van der Waals surface area contributed by atoms with Crippen molar-refractivity contribution in [3.8, 4) is 5.75 Å². The van der Waals surface area contributed by atoms with Gasteiger partial charge in [-0.15, -0.1) is 0 Å². The molecule has 1 aromatic carbocycles. The summed E-state index contributed by atoms with van der Waals surface area (Å²) >= 11 is 0. The predicted octanol–water partition coefficient (Wildman–Crippen LogP) is 1.49. The second kappa shape index (κ2) is 9.34. The van der Waals surface area contributed by atoms with Gasteiger partial charge in [0, 0.05) is 25.6 Å². The Morgan fingerprint density at radius 2 is 1.72 bits per heavy atom. The number of carbonyl (C=O) groups excluding carboxylic acids is 1. The van der Waals surface area contributed by atoms with Gasteiger partial charge in [0.25, 0.3) is 0 Å². The third kappa shape index (κ3) is 4.75. The van der Waals surface area contributed by atoms with Crippen molar-refractivity contribution in [3.63, 3.8) is 0 Å². The number of sulfone groups is 1. The number of aromatic nitrogens is 1. The molecule has 9 heteroatoms. The number of benzene rings is 1. The zero-order valence-corrected chi connectivity index (χ0v) is 16.8. The molecular weight excluding hydrogens is 396 g/mol. The SMILES string of the molecule is NC(=O)C1(S(=O)(=O)c2ccc(OCCOCc3ccncc3)cc2)CCOCC1. The van der Waals surface area contributed by atoms with E-state index in [0.717, 1.165) is 5.56 Å². The van der Waals surface area contributed by atoms with Crippen molar-refractivity contribution < 1.29 is 27.4 Å². The fourth-order valence-corrected chi connectivity index (χ4v) is 5.09. The van der Waals surface area contributed by atoms with Crippen LogP contribution >= 0.6 is 0 Å². The molecule has 0 radical (unpaired) electrons. The lowest BCUT2D eigenvalue weighted by molar-refractivity contribution is -0.122. The van der Waals surface area contributed by atoms with E-state index < -0.39 is 20.5 Å². The van der Waals surface area contributed by atoms with Crippen LogP contribution in [0.4, 0.5) is 0 Å². The highest BCUT2D eigenvalue weighted by atomic mass is 32.2. The average Bonchev–Trinajstić information content (AvgIpc) is 2.75. The summed E-state index contributed by atoms with van der Waals surface area (Å²) in [6.45, 7) is 1.53. The van der Waals surface area contributed by atoms with E-state index in [1.165, 1.54) is 12.1 Å². The van der Waals surface area contributed by atoms with E-state index in [1.54, 1.807) is 24.5 Å². The van der Waals surface area contributed by atoms with E-state index in [0.29, 0.717) is 25.6 Å². The predicted molar refractivity (Wildman–Crippen MR) is 105 cm³/mol. The number of nitrogens with two attached hydrogens (primary N) is 1. The Hall–Kier alpha value is -2.49. The largest absolute Gasteiger partial charge is 0.491 e. The van der Waals surface area contributed by atoms with Gasteiger partial charge in [0.1, 0.15) is 12.4 Å². The maximum atomic E-state index is 13.1. The molecule has 0 saturated carbocycles. The summed E-state index contributed by atoms with van der Waals surface area (Å²) < 4.78 is 40.8. The van der Waals surface area contributed by atoms with Crippen LogP contribution in [0.2, 0.25) is 0 Å². The van der Waals surface area contributed by atoms with Gasteiger partial charge in [0.05, 0.1) is 18.1 Å². The third-order valence-corrected chi connectivity index (χ3v) is 7.44. The number of pyridine rings is 1. The van der Waals surface area contributed by atoms with Crippen molar-refractivity contribution in [3.05, 3.63) is 54.4 Å². The summed E-state index contributed by atoms with van der Waals surface area (Å²) in [7, 11) is -3.94. The molecule has 1 aliphatic heterocycles. The first-order chi connectivity index (χ1) is 14.0. The van der Waals surface area contributed by atoms with Gasteiger partial charge in [-0.1, -0.05) is 0 Å². The molecule has 2 heterocycles. The topological polar surface area (TPSA) is 118 Å². The minimum Gasteiger partial charge on any atom is -0.491 e. The monoisotopic (exact) mass is 420 g/mol. The van der Waals surface area contributed by atoms with Crippen LogP contribution in [0.25, 0.3) is 0 Å². The Labute approximate surface area is 169 Å². The van der Waals surface area contributed by atoms with Gasteiger partial charge in [-0.3, -0.25) is 9.78 Å². The smallest absolute Gasteiger partial charge is 0.239 e. The molecular formula is C20H24N2O6S. The first kappa shape index (κ1) is 21.2. The number of primary amides is 1. The van der Waals surface area contributed by atoms with E-state index >= 15 is 0 Å². The van der Waals surface area contributed by atoms with Crippen molar-refractivity contribution in [1.29, 1.82) is 0 Å². The molecule has 0 atom stereocenters. The van der Waals surface area contributed by atoms with Gasteiger partial charge in [-0.25, -0.2) is 8.42 Å². The molecule has 0 spiro atoms. The summed E-state index contributed by atoms with van der Waals surface area (Å²) in [5.41, 5.74) is 6.50. The van der Waals surface area contributed by atoms with Crippen molar-refractivity contribution in [2.24, 2.45) is 5.73 Å².